The molecule has 0 N–H and O–H groups in total. The zero-order valence-corrected chi connectivity index (χ0v) is 7.68. The Hall–Kier alpha value is 0.180. The van der Waals surface area contributed by atoms with Gasteiger partial charge in [-0.3, -0.25) is 0 Å². The van der Waals surface area contributed by atoms with Crippen molar-refractivity contribution in [2.45, 2.75) is 24.1 Å². The summed E-state index contributed by atoms with van der Waals surface area (Å²) in [5.74, 6) is -3.50. The number of allylic oxidation sites excluding steroid dienone is 2. The number of alkyl halides is 4. The second-order valence-electron chi connectivity index (χ2n) is 2.66. The molecule has 0 aromatic carbocycles. The van der Waals surface area contributed by atoms with Crippen LogP contribution in [0.4, 0.5) is 8.78 Å². The van der Waals surface area contributed by atoms with E-state index >= 15 is 0 Å². The van der Waals surface area contributed by atoms with Crippen LogP contribution in [0.15, 0.2) is 11.6 Å². The predicted octanol–water partition coefficient (Wildman–Crippen LogP) is 3.39. The first kappa shape index (κ1) is 9.27. The van der Waals surface area contributed by atoms with Gasteiger partial charge in [-0.15, -0.1) is 0 Å². The molecule has 0 amide bonds. The lowest BCUT2D eigenvalue weighted by atomic mass is 9.75. The first-order valence-corrected chi connectivity index (χ1v) is 4.03. The van der Waals surface area contributed by atoms with Gasteiger partial charge in [0.15, 0.2) is 4.33 Å². The maximum atomic E-state index is 12.9. The van der Waals surface area contributed by atoms with Crippen LogP contribution >= 0.6 is 23.2 Å². The summed E-state index contributed by atoms with van der Waals surface area (Å²) in [6.07, 6.45) is 1.37. The normalized spacial score (nSPS) is 36.9. The lowest BCUT2D eigenvalue weighted by molar-refractivity contribution is -0.0500. The van der Waals surface area contributed by atoms with E-state index in [0.717, 1.165) is 0 Å². The zero-order chi connectivity index (χ0) is 8.86. The molecule has 1 rings (SSSR count). The maximum absolute atomic E-state index is 12.9. The van der Waals surface area contributed by atoms with Gasteiger partial charge < -0.3 is 0 Å². The van der Waals surface area contributed by atoms with E-state index in [1.54, 1.807) is 13.8 Å². The van der Waals surface area contributed by atoms with E-state index in [9.17, 15) is 8.78 Å². The van der Waals surface area contributed by atoms with Gasteiger partial charge >= 0.3 is 5.92 Å². The van der Waals surface area contributed by atoms with Crippen LogP contribution in [0.25, 0.3) is 0 Å². The molecule has 4 heteroatoms. The highest BCUT2D eigenvalue weighted by molar-refractivity contribution is 6.50. The summed E-state index contributed by atoms with van der Waals surface area (Å²) in [5, 5.41) is 0. The monoisotopic (exact) mass is 200 g/mol. The second-order valence-corrected chi connectivity index (χ2v) is 4.05. The highest BCUT2D eigenvalue weighted by atomic mass is 35.5. The minimum atomic E-state index is -3.05. The van der Waals surface area contributed by atoms with Crippen LogP contribution in [-0.2, 0) is 0 Å². The average Bonchev–Trinajstić information content (AvgIpc) is 1.88. The Bertz CT molecular complexity index is 208. The topological polar surface area (TPSA) is 0 Å². The Morgan fingerprint density at radius 1 is 1.45 bits per heavy atom. The van der Waals surface area contributed by atoms with Crippen LogP contribution < -0.4 is 0 Å². The van der Waals surface area contributed by atoms with Gasteiger partial charge in [0.05, 0.1) is 0 Å². The molecule has 0 spiro atoms. The molecule has 0 nitrogen and oxygen atoms in total. The summed E-state index contributed by atoms with van der Waals surface area (Å²) in [6.45, 7) is 3.15. The number of rotatable bonds is 0. The van der Waals surface area contributed by atoms with Crippen LogP contribution in [0.5, 0.6) is 0 Å². The maximum Gasteiger partial charge on any atom is 0.302 e. The third-order valence-corrected chi connectivity index (χ3v) is 3.23. The van der Waals surface area contributed by atoms with E-state index in [-0.39, 0.29) is 5.57 Å². The third kappa shape index (κ3) is 0.922. The summed E-state index contributed by atoms with van der Waals surface area (Å²) in [6, 6.07) is 0. The van der Waals surface area contributed by atoms with Crippen LogP contribution in [0.3, 0.4) is 0 Å². The van der Waals surface area contributed by atoms with Crippen molar-refractivity contribution in [3.63, 3.8) is 0 Å². The summed E-state index contributed by atoms with van der Waals surface area (Å²) < 4.78 is 23.9. The van der Waals surface area contributed by atoms with E-state index in [2.05, 4.69) is 0 Å². The summed E-state index contributed by atoms with van der Waals surface area (Å²) in [7, 11) is 0. The average molecular weight is 201 g/mol. The fourth-order valence-corrected chi connectivity index (χ4v) is 1.74. The Kier molecular flexibility index (Phi) is 1.97. The smallest absolute Gasteiger partial charge is 0.198 e. The number of hydrogen-bond acceptors (Lipinski definition) is 0. The molecule has 0 aromatic rings. The summed E-state index contributed by atoms with van der Waals surface area (Å²) in [5.41, 5.74) is 0.0301. The molecule has 0 unspecified atom stereocenters. The van der Waals surface area contributed by atoms with Crippen LogP contribution in [-0.4, -0.2) is 10.3 Å². The van der Waals surface area contributed by atoms with Gasteiger partial charge in [0.25, 0.3) is 0 Å². The van der Waals surface area contributed by atoms with E-state index in [0.29, 0.717) is 0 Å². The van der Waals surface area contributed by atoms with Gasteiger partial charge in [0, 0.05) is 11.5 Å². The van der Waals surface area contributed by atoms with E-state index in [1.165, 1.54) is 6.08 Å². The molecule has 1 aliphatic carbocycles. The number of halogens is 4. The molecule has 1 atom stereocenters. The molecule has 1 saturated carbocycles. The lowest BCUT2D eigenvalue weighted by Crippen LogP contribution is -2.58. The van der Waals surface area contributed by atoms with Gasteiger partial charge in [-0.05, 0) is 6.92 Å². The number of hydrogen-bond donors (Lipinski definition) is 0. The van der Waals surface area contributed by atoms with Crippen molar-refractivity contribution in [2.24, 2.45) is 5.92 Å². The van der Waals surface area contributed by atoms with Crippen LogP contribution in [0, 0.1) is 5.92 Å². The quantitative estimate of drug-likeness (QED) is 0.416. The Labute approximate surface area is 74.2 Å². The van der Waals surface area contributed by atoms with Crippen LogP contribution in [0.2, 0.25) is 0 Å². The molecule has 64 valence electrons. The van der Waals surface area contributed by atoms with Gasteiger partial charge in [0.2, 0.25) is 0 Å². The highest BCUT2D eigenvalue weighted by Gasteiger charge is 2.68. The molecule has 0 heterocycles. The Morgan fingerprint density at radius 3 is 2.09 bits per heavy atom. The second kappa shape index (κ2) is 2.33. The van der Waals surface area contributed by atoms with Crippen molar-refractivity contribution in [2.75, 3.05) is 0 Å². The molecule has 0 bridgehead atoms. The predicted molar refractivity (Wildman–Crippen MR) is 42.3 cm³/mol. The molecule has 0 aromatic heterocycles. The minimum absolute atomic E-state index is 0.0301. The Balaban J connectivity index is 2.98. The van der Waals surface area contributed by atoms with Crippen molar-refractivity contribution in [3.8, 4) is 0 Å². The molecular formula is C7H8Cl2F2. The lowest BCUT2D eigenvalue weighted by Gasteiger charge is -2.48. The van der Waals surface area contributed by atoms with Gasteiger partial charge in [-0.1, -0.05) is 36.2 Å². The van der Waals surface area contributed by atoms with Crippen molar-refractivity contribution >= 4 is 23.2 Å². The fourth-order valence-electron chi connectivity index (χ4n) is 1.29. The largest absolute Gasteiger partial charge is 0.302 e. The summed E-state index contributed by atoms with van der Waals surface area (Å²) in [4.78, 5) is 0. The molecule has 0 radical (unpaired) electrons. The summed E-state index contributed by atoms with van der Waals surface area (Å²) >= 11 is 10.8. The highest BCUT2D eigenvalue weighted by Crippen LogP contribution is 2.61. The van der Waals surface area contributed by atoms with Crippen LogP contribution in [0.1, 0.15) is 13.8 Å². The van der Waals surface area contributed by atoms with E-state index in [1.807, 2.05) is 0 Å². The van der Waals surface area contributed by atoms with E-state index in [4.69, 9.17) is 23.2 Å². The van der Waals surface area contributed by atoms with Crippen molar-refractivity contribution in [1.29, 1.82) is 0 Å². The van der Waals surface area contributed by atoms with E-state index < -0.39 is 16.2 Å². The van der Waals surface area contributed by atoms with Gasteiger partial charge in [0.1, 0.15) is 0 Å². The fraction of sp³-hybridized carbons (Fsp3) is 0.714. The molecule has 0 saturated heterocycles. The third-order valence-electron chi connectivity index (χ3n) is 2.10. The molecule has 0 aliphatic heterocycles. The van der Waals surface area contributed by atoms with Crippen molar-refractivity contribution in [1.82, 2.24) is 0 Å². The van der Waals surface area contributed by atoms with Gasteiger partial charge in [-0.2, -0.15) is 8.78 Å². The minimum Gasteiger partial charge on any atom is -0.198 e. The first-order valence-electron chi connectivity index (χ1n) is 3.28. The molecule has 1 aliphatic rings. The molecular weight excluding hydrogens is 193 g/mol. The van der Waals surface area contributed by atoms with Crippen molar-refractivity contribution in [3.05, 3.63) is 11.6 Å². The molecule has 1 fully saturated rings. The van der Waals surface area contributed by atoms with Crippen molar-refractivity contribution < 1.29 is 8.78 Å². The van der Waals surface area contributed by atoms with Gasteiger partial charge in [-0.25, -0.2) is 0 Å². The standard InChI is InChI=1S/C7H8Cl2F2/c1-3-5-4(2)6(8,9)7(5,10)11/h3-4H,1-2H3/b5-3+/t4-/m0/s1. The zero-order valence-electron chi connectivity index (χ0n) is 6.17. The SMILES string of the molecule is C/C=C1\[C@H](C)C(Cl)(Cl)C1(F)F. The Morgan fingerprint density at radius 2 is 1.91 bits per heavy atom. The molecule has 11 heavy (non-hydrogen) atoms. The first-order chi connectivity index (χ1) is 4.85.